The van der Waals surface area contributed by atoms with E-state index in [0.717, 1.165) is 29.9 Å². The molecule has 1 aliphatic rings. The maximum absolute atomic E-state index is 13.0. The Morgan fingerprint density at radius 1 is 1.13 bits per heavy atom. The first-order valence-electron chi connectivity index (χ1n) is 10.7. The van der Waals surface area contributed by atoms with E-state index in [1.807, 2.05) is 19.1 Å². The highest BCUT2D eigenvalue weighted by Crippen LogP contribution is 2.35. The van der Waals surface area contributed by atoms with Crippen LogP contribution in [0, 0.1) is 17.0 Å². The lowest BCUT2D eigenvalue weighted by atomic mass is 10.0. The molecule has 1 heterocycles. The number of nitro groups is 1. The van der Waals surface area contributed by atoms with E-state index in [4.69, 9.17) is 0 Å². The van der Waals surface area contributed by atoms with Gasteiger partial charge in [0.1, 0.15) is 5.69 Å². The standard InChI is InChI=1S/C23H31N5O3/c1-5-10-24-19-16-17(2)15-18(23(29)25(3)4)22(19)27-13-11-26(12-14-27)20-8-6-7-9-21(20)28(30)31/h6-9,15-16,24H,5,10-14H2,1-4H3. The molecule has 0 aliphatic carbocycles. The molecule has 8 nitrogen and oxygen atoms in total. The molecule has 0 aromatic heterocycles. The van der Waals surface area contributed by atoms with Gasteiger partial charge in [0.15, 0.2) is 0 Å². The van der Waals surface area contributed by atoms with Gasteiger partial charge in [-0.25, -0.2) is 0 Å². The van der Waals surface area contributed by atoms with Crippen molar-refractivity contribution in [3.05, 3.63) is 57.6 Å². The second-order valence-electron chi connectivity index (χ2n) is 8.05. The summed E-state index contributed by atoms with van der Waals surface area (Å²) >= 11 is 0. The number of hydrogen-bond donors (Lipinski definition) is 1. The number of nitro benzene ring substituents is 1. The van der Waals surface area contributed by atoms with E-state index in [1.165, 1.54) is 0 Å². The molecule has 0 bridgehead atoms. The van der Waals surface area contributed by atoms with Crippen LogP contribution in [0.2, 0.25) is 0 Å². The monoisotopic (exact) mass is 425 g/mol. The van der Waals surface area contributed by atoms with Gasteiger partial charge < -0.3 is 20.0 Å². The molecule has 1 N–H and O–H groups in total. The third-order valence-corrected chi connectivity index (χ3v) is 5.47. The number of aryl methyl sites for hydroxylation is 1. The van der Waals surface area contributed by atoms with Crippen LogP contribution in [-0.2, 0) is 0 Å². The highest BCUT2D eigenvalue weighted by molar-refractivity contribution is 6.03. The largest absolute Gasteiger partial charge is 0.383 e. The van der Waals surface area contributed by atoms with Gasteiger partial charge in [-0.15, -0.1) is 0 Å². The van der Waals surface area contributed by atoms with Crippen molar-refractivity contribution < 1.29 is 9.72 Å². The molecule has 1 amide bonds. The van der Waals surface area contributed by atoms with Crippen LogP contribution in [0.15, 0.2) is 36.4 Å². The van der Waals surface area contributed by atoms with Crippen molar-refractivity contribution in [1.29, 1.82) is 0 Å². The Balaban J connectivity index is 1.91. The maximum Gasteiger partial charge on any atom is 0.292 e. The Morgan fingerprint density at radius 2 is 1.77 bits per heavy atom. The molecule has 0 saturated carbocycles. The first-order valence-corrected chi connectivity index (χ1v) is 10.7. The number of piperazine rings is 1. The number of hydrogen-bond acceptors (Lipinski definition) is 6. The Bertz CT molecular complexity index is 952. The van der Waals surface area contributed by atoms with Crippen molar-refractivity contribution in [2.45, 2.75) is 20.3 Å². The van der Waals surface area contributed by atoms with Crippen LogP contribution in [0.25, 0.3) is 0 Å². The van der Waals surface area contributed by atoms with Gasteiger partial charge in [-0.1, -0.05) is 19.1 Å². The van der Waals surface area contributed by atoms with Gasteiger partial charge in [0.2, 0.25) is 0 Å². The molecule has 0 spiro atoms. The molecule has 2 aromatic rings. The zero-order valence-corrected chi connectivity index (χ0v) is 18.7. The van der Waals surface area contributed by atoms with E-state index in [-0.39, 0.29) is 16.5 Å². The van der Waals surface area contributed by atoms with Gasteiger partial charge in [0.05, 0.1) is 21.9 Å². The summed E-state index contributed by atoms with van der Waals surface area (Å²) in [5.74, 6) is -0.0284. The Hall–Kier alpha value is -3.29. The first-order chi connectivity index (χ1) is 14.8. The lowest BCUT2D eigenvalue weighted by Crippen LogP contribution is -2.47. The second-order valence-corrected chi connectivity index (χ2v) is 8.05. The van der Waals surface area contributed by atoms with Crippen LogP contribution >= 0.6 is 0 Å². The van der Waals surface area contributed by atoms with Crippen LogP contribution in [0.5, 0.6) is 0 Å². The average molecular weight is 426 g/mol. The topological polar surface area (TPSA) is 82.0 Å². The summed E-state index contributed by atoms with van der Waals surface area (Å²) in [7, 11) is 3.53. The zero-order valence-electron chi connectivity index (χ0n) is 18.7. The van der Waals surface area contributed by atoms with E-state index in [2.05, 4.69) is 28.1 Å². The Kier molecular flexibility index (Phi) is 6.99. The van der Waals surface area contributed by atoms with Gasteiger partial charge in [-0.2, -0.15) is 0 Å². The summed E-state index contributed by atoms with van der Waals surface area (Å²) in [6, 6.07) is 10.9. The molecule has 2 aromatic carbocycles. The number of para-hydroxylation sites is 2. The normalized spacial score (nSPS) is 13.8. The number of carbonyl (C=O) groups is 1. The number of nitrogens with one attached hydrogen (secondary N) is 1. The fraction of sp³-hybridized carbons (Fsp3) is 0.435. The lowest BCUT2D eigenvalue weighted by molar-refractivity contribution is -0.384. The van der Waals surface area contributed by atoms with Crippen LogP contribution < -0.4 is 15.1 Å². The van der Waals surface area contributed by atoms with Gasteiger partial charge in [-0.05, 0) is 37.1 Å². The predicted molar refractivity (Wildman–Crippen MR) is 125 cm³/mol. The van der Waals surface area contributed by atoms with Crippen LogP contribution in [0.1, 0.15) is 29.3 Å². The van der Waals surface area contributed by atoms with Crippen molar-refractivity contribution in [3.8, 4) is 0 Å². The quantitative estimate of drug-likeness (QED) is 0.537. The van der Waals surface area contributed by atoms with Crippen molar-refractivity contribution in [2.75, 3.05) is 61.9 Å². The minimum atomic E-state index is -0.331. The second kappa shape index (κ2) is 9.68. The highest BCUT2D eigenvalue weighted by Gasteiger charge is 2.27. The molecule has 166 valence electrons. The minimum absolute atomic E-state index is 0.0284. The fourth-order valence-electron chi connectivity index (χ4n) is 3.97. The number of amides is 1. The van der Waals surface area contributed by atoms with Crippen LogP contribution in [0.4, 0.5) is 22.7 Å². The Labute approximate surface area is 183 Å². The number of nitrogens with zero attached hydrogens (tertiary/aromatic N) is 4. The fourth-order valence-corrected chi connectivity index (χ4v) is 3.97. The molecule has 8 heteroatoms. The van der Waals surface area contributed by atoms with Gasteiger partial charge in [0.25, 0.3) is 11.6 Å². The van der Waals surface area contributed by atoms with E-state index in [9.17, 15) is 14.9 Å². The lowest BCUT2D eigenvalue weighted by Gasteiger charge is -2.39. The summed E-state index contributed by atoms with van der Waals surface area (Å²) in [5.41, 5.74) is 4.37. The summed E-state index contributed by atoms with van der Waals surface area (Å²) in [4.78, 5) is 30.0. The van der Waals surface area contributed by atoms with Crippen molar-refractivity contribution in [3.63, 3.8) is 0 Å². The summed E-state index contributed by atoms with van der Waals surface area (Å²) in [5, 5.41) is 14.9. The summed E-state index contributed by atoms with van der Waals surface area (Å²) in [6.45, 7) is 7.55. The molecule has 1 fully saturated rings. The van der Waals surface area contributed by atoms with Crippen LogP contribution in [0.3, 0.4) is 0 Å². The molecule has 0 atom stereocenters. The van der Waals surface area contributed by atoms with Gasteiger partial charge >= 0.3 is 0 Å². The SMILES string of the molecule is CCCNc1cc(C)cc(C(=O)N(C)C)c1N1CCN(c2ccccc2[N+](=O)[O-])CC1. The maximum atomic E-state index is 13.0. The molecule has 1 saturated heterocycles. The Morgan fingerprint density at radius 3 is 2.39 bits per heavy atom. The predicted octanol–water partition coefficient (Wildman–Crippen LogP) is 3.75. The average Bonchev–Trinajstić information content (AvgIpc) is 2.76. The van der Waals surface area contributed by atoms with E-state index < -0.39 is 0 Å². The zero-order chi connectivity index (χ0) is 22.5. The molecule has 31 heavy (non-hydrogen) atoms. The smallest absolute Gasteiger partial charge is 0.292 e. The van der Waals surface area contributed by atoms with Gasteiger partial charge in [-0.3, -0.25) is 14.9 Å². The summed E-state index contributed by atoms with van der Waals surface area (Å²) in [6.07, 6.45) is 0.982. The molecular weight excluding hydrogens is 394 g/mol. The molecule has 3 rings (SSSR count). The number of anilines is 3. The number of benzene rings is 2. The van der Waals surface area contributed by atoms with E-state index >= 15 is 0 Å². The molecule has 1 aliphatic heterocycles. The van der Waals surface area contributed by atoms with E-state index in [1.54, 1.807) is 37.2 Å². The van der Waals surface area contributed by atoms with E-state index in [0.29, 0.717) is 37.4 Å². The minimum Gasteiger partial charge on any atom is -0.383 e. The van der Waals surface area contributed by atoms with Crippen LogP contribution in [-0.4, -0.2) is 62.5 Å². The molecule has 0 unspecified atom stereocenters. The molecule has 0 radical (unpaired) electrons. The van der Waals surface area contributed by atoms with Crippen molar-refractivity contribution >= 4 is 28.7 Å². The number of carbonyl (C=O) groups excluding carboxylic acids is 1. The third kappa shape index (κ3) is 4.90. The first kappa shape index (κ1) is 22.4. The molecular formula is C23H31N5O3. The van der Waals surface area contributed by atoms with Crippen molar-refractivity contribution in [2.24, 2.45) is 0 Å². The highest BCUT2D eigenvalue weighted by atomic mass is 16.6. The summed E-state index contributed by atoms with van der Waals surface area (Å²) < 4.78 is 0. The van der Waals surface area contributed by atoms with Crippen molar-refractivity contribution in [1.82, 2.24) is 4.90 Å². The third-order valence-electron chi connectivity index (χ3n) is 5.47. The number of rotatable bonds is 7. The van der Waals surface area contributed by atoms with Gasteiger partial charge in [0, 0.05) is 52.9 Å².